The summed E-state index contributed by atoms with van der Waals surface area (Å²) in [6.45, 7) is 1.19. The van der Waals surface area contributed by atoms with Crippen molar-refractivity contribution < 1.29 is 23.4 Å². The smallest absolute Gasteiger partial charge is 0.383 e. The Morgan fingerprint density at radius 3 is 2.47 bits per heavy atom. The molecule has 0 amide bonds. The number of ether oxygens (including phenoxy) is 3. The fourth-order valence-corrected chi connectivity index (χ4v) is 1.70. The number of hydrogen-bond acceptors (Lipinski definition) is 6. The minimum atomic E-state index is -0.784. The normalized spacial score (nSPS) is 10.3. The van der Waals surface area contributed by atoms with Crippen molar-refractivity contribution in [1.29, 1.82) is 0 Å². The highest BCUT2D eigenvalue weighted by molar-refractivity contribution is 5.87. The predicted octanol–water partition coefficient (Wildman–Crippen LogP) is 1.74. The Bertz CT molecular complexity index is 685. The number of fused-ring (bicyclic) bond motifs is 1. The van der Waals surface area contributed by atoms with Crippen LogP contribution >= 0.6 is 0 Å². The Morgan fingerprint density at radius 2 is 1.89 bits per heavy atom. The highest BCUT2D eigenvalue weighted by Crippen LogP contribution is 2.34. The van der Waals surface area contributed by atoms with Crippen LogP contribution in [0.5, 0.6) is 17.2 Å². The van der Waals surface area contributed by atoms with Gasteiger partial charge in [0, 0.05) is 13.0 Å². The number of carbonyl (C=O) groups excluding carboxylic acids is 1. The molecule has 0 bridgehead atoms. The van der Waals surface area contributed by atoms with Gasteiger partial charge >= 0.3 is 11.6 Å². The van der Waals surface area contributed by atoms with Gasteiger partial charge in [0.05, 0.1) is 19.6 Å². The zero-order valence-electron chi connectivity index (χ0n) is 10.7. The lowest BCUT2D eigenvalue weighted by atomic mass is 10.2. The van der Waals surface area contributed by atoms with Crippen LogP contribution in [0.25, 0.3) is 11.0 Å². The van der Waals surface area contributed by atoms with E-state index in [9.17, 15) is 9.59 Å². The van der Waals surface area contributed by atoms with Crippen molar-refractivity contribution in [3.8, 4) is 17.2 Å². The Balaban J connectivity index is 2.75. The Kier molecular flexibility index (Phi) is 3.41. The van der Waals surface area contributed by atoms with E-state index in [1.54, 1.807) is 18.2 Å². The van der Waals surface area contributed by atoms with Crippen LogP contribution in [0.4, 0.5) is 0 Å². The molecule has 1 aromatic carbocycles. The quantitative estimate of drug-likeness (QED) is 0.621. The molecule has 0 fully saturated rings. The van der Waals surface area contributed by atoms with Gasteiger partial charge in [-0.15, -0.1) is 0 Å². The summed E-state index contributed by atoms with van der Waals surface area (Å²) in [6, 6.07) is 4.89. The summed E-state index contributed by atoms with van der Waals surface area (Å²) < 4.78 is 20.1. The van der Waals surface area contributed by atoms with Gasteiger partial charge in [0.1, 0.15) is 11.3 Å². The molecular formula is C13H12O6. The standard InChI is InChI=1S/C13H12O6/c1-7(14)18-12-11(17-3)9-5-4-8(16-2)6-10(9)19-13(12)15/h4-6H,1-3H3. The summed E-state index contributed by atoms with van der Waals surface area (Å²) >= 11 is 0. The van der Waals surface area contributed by atoms with E-state index in [4.69, 9.17) is 18.6 Å². The summed E-state index contributed by atoms with van der Waals surface area (Å²) in [4.78, 5) is 22.8. The third-order valence-electron chi connectivity index (χ3n) is 2.48. The van der Waals surface area contributed by atoms with E-state index in [2.05, 4.69) is 0 Å². The van der Waals surface area contributed by atoms with E-state index in [1.165, 1.54) is 21.1 Å². The number of methoxy groups -OCH3 is 2. The van der Waals surface area contributed by atoms with Crippen LogP contribution < -0.4 is 19.8 Å². The first-order valence-corrected chi connectivity index (χ1v) is 5.44. The topological polar surface area (TPSA) is 75.0 Å². The maximum atomic E-state index is 11.8. The van der Waals surface area contributed by atoms with Crippen LogP contribution in [0, 0.1) is 0 Å². The van der Waals surface area contributed by atoms with Gasteiger partial charge in [-0.3, -0.25) is 4.79 Å². The lowest BCUT2D eigenvalue weighted by Crippen LogP contribution is -2.12. The molecule has 2 aromatic rings. The van der Waals surface area contributed by atoms with E-state index < -0.39 is 11.6 Å². The summed E-state index contributed by atoms with van der Waals surface area (Å²) in [5, 5.41) is 0.513. The second kappa shape index (κ2) is 5.01. The molecule has 0 N–H and O–H groups in total. The van der Waals surface area contributed by atoms with Crippen molar-refractivity contribution in [2.45, 2.75) is 6.92 Å². The van der Waals surface area contributed by atoms with E-state index in [0.717, 1.165) is 0 Å². The first-order chi connectivity index (χ1) is 9.06. The van der Waals surface area contributed by atoms with Crippen LogP contribution in [0.1, 0.15) is 6.92 Å². The lowest BCUT2D eigenvalue weighted by Gasteiger charge is -2.09. The van der Waals surface area contributed by atoms with E-state index in [0.29, 0.717) is 11.1 Å². The Morgan fingerprint density at radius 1 is 1.16 bits per heavy atom. The van der Waals surface area contributed by atoms with Crippen LogP contribution in [0.2, 0.25) is 0 Å². The molecule has 0 aliphatic heterocycles. The van der Waals surface area contributed by atoms with Crippen LogP contribution in [0.3, 0.4) is 0 Å². The van der Waals surface area contributed by atoms with Gasteiger partial charge in [0.15, 0.2) is 5.75 Å². The van der Waals surface area contributed by atoms with Crippen LogP contribution in [-0.4, -0.2) is 20.2 Å². The average Bonchev–Trinajstić information content (AvgIpc) is 2.38. The second-order valence-electron chi connectivity index (χ2n) is 3.71. The largest absolute Gasteiger partial charge is 0.497 e. The monoisotopic (exact) mass is 264 g/mol. The molecule has 6 nitrogen and oxygen atoms in total. The molecular weight excluding hydrogens is 252 g/mol. The average molecular weight is 264 g/mol. The summed E-state index contributed by atoms with van der Waals surface area (Å²) in [5.41, 5.74) is -0.495. The zero-order chi connectivity index (χ0) is 14.0. The molecule has 0 aliphatic carbocycles. The summed E-state index contributed by atoms with van der Waals surface area (Å²) in [7, 11) is 2.88. The van der Waals surface area contributed by atoms with Crippen molar-refractivity contribution in [2.24, 2.45) is 0 Å². The molecule has 1 aromatic heterocycles. The van der Waals surface area contributed by atoms with E-state index >= 15 is 0 Å². The number of esters is 1. The molecule has 0 atom stereocenters. The molecule has 0 saturated carbocycles. The predicted molar refractivity (Wildman–Crippen MR) is 66.9 cm³/mol. The zero-order valence-corrected chi connectivity index (χ0v) is 10.7. The van der Waals surface area contributed by atoms with Gasteiger partial charge in [-0.05, 0) is 12.1 Å². The van der Waals surface area contributed by atoms with Crippen molar-refractivity contribution in [2.75, 3.05) is 14.2 Å². The maximum Gasteiger partial charge on any atom is 0.383 e. The Hall–Kier alpha value is -2.50. The number of benzene rings is 1. The summed E-state index contributed by atoms with van der Waals surface area (Å²) in [6.07, 6.45) is 0. The molecule has 0 unspecified atom stereocenters. The van der Waals surface area contributed by atoms with Gasteiger partial charge in [0.2, 0.25) is 0 Å². The van der Waals surface area contributed by atoms with Gasteiger partial charge in [-0.25, -0.2) is 4.79 Å². The maximum absolute atomic E-state index is 11.8. The SMILES string of the molecule is COc1ccc2c(OC)c(OC(C)=O)c(=O)oc2c1. The van der Waals surface area contributed by atoms with Crippen molar-refractivity contribution in [1.82, 2.24) is 0 Å². The third-order valence-corrected chi connectivity index (χ3v) is 2.48. The van der Waals surface area contributed by atoms with Gasteiger partial charge < -0.3 is 18.6 Å². The molecule has 2 rings (SSSR count). The number of hydrogen-bond donors (Lipinski definition) is 0. The van der Waals surface area contributed by atoms with Crippen molar-refractivity contribution in [3.63, 3.8) is 0 Å². The molecule has 0 spiro atoms. The number of carbonyl (C=O) groups is 1. The third kappa shape index (κ3) is 2.37. The summed E-state index contributed by atoms with van der Waals surface area (Å²) in [5.74, 6) is -0.187. The number of rotatable bonds is 3. The highest BCUT2D eigenvalue weighted by atomic mass is 16.6. The Labute approximate surface area is 108 Å². The van der Waals surface area contributed by atoms with Gasteiger partial charge in [0.25, 0.3) is 5.75 Å². The highest BCUT2D eigenvalue weighted by Gasteiger charge is 2.18. The van der Waals surface area contributed by atoms with Crippen LogP contribution in [0.15, 0.2) is 27.4 Å². The van der Waals surface area contributed by atoms with Crippen molar-refractivity contribution >= 4 is 16.9 Å². The van der Waals surface area contributed by atoms with E-state index in [1.807, 2.05) is 0 Å². The first-order valence-electron chi connectivity index (χ1n) is 5.44. The first kappa shape index (κ1) is 12.9. The second-order valence-corrected chi connectivity index (χ2v) is 3.71. The minimum Gasteiger partial charge on any atom is -0.497 e. The van der Waals surface area contributed by atoms with Crippen molar-refractivity contribution in [3.05, 3.63) is 28.6 Å². The minimum absolute atomic E-state index is 0.157. The molecule has 0 radical (unpaired) electrons. The van der Waals surface area contributed by atoms with Gasteiger partial charge in [-0.2, -0.15) is 0 Å². The molecule has 19 heavy (non-hydrogen) atoms. The fourth-order valence-electron chi connectivity index (χ4n) is 1.70. The van der Waals surface area contributed by atoms with Gasteiger partial charge in [-0.1, -0.05) is 0 Å². The molecule has 0 aliphatic rings. The molecule has 100 valence electrons. The fraction of sp³-hybridized carbons (Fsp3) is 0.231. The lowest BCUT2D eigenvalue weighted by molar-refractivity contribution is -0.132. The van der Waals surface area contributed by atoms with E-state index in [-0.39, 0.29) is 17.1 Å². The molecule has 0 saturated heterocycles. The molecule has 6 heteroatoms. The molecule has 1 heterocycles. The van der Waals surface area contributed by atoms with Crippen LogP contribution in [-0.2, 0) is 4.79 Å².